The van der Waals surface area contributed by atoms with E-state index in [1.807, 2.05) is 0 Å². The van der Waals surface area contributed by atoms with Gasteiger partial charge < -0.3 is 10.6 Å². The quantitative estimate of drug-likeness (QED) is 0.648. The van der Waals surface area contributed by atoms with Crippen molar-refractivity contribution < 1.29 is 4.79 Å². The molecule has 13 heavy (non-hydrogen) atoms. The SMILES string of the molecule is O=C(Nc1ccnnc1)C1CNC1. The summed E-state index contributed by atoms with van der Waals surface area (Å²) in [6.45, 7) is 1.54. The topological polar surface area (TPSA) is 66.9 Å². The first-order valence-electron chi connectivity index (χ1n) is 4.14. The molecule has 1 fully saturated rings. The molecule has 0 saturated carbocycles. The molecule has 0 radical (unpaired) electrons. The number of nitrogens with one attached hydrogen (secondary N) is 2. The maximum absolute atomic E-state index is 11.4. The normalized spacial score (nSPS) is 16.3. The molecular weight excluding hydrogens is 168 g/mol. The summed E-state index contributed by atoms with van der Waals surface area (Å²) in [7, 11) is 0. The van der Waals surface area contributed by atoms with Crippen LogP contribution in [0.5, 0.6) is 0 Å². The van der Waals surface area contributed by atoms with E-state index in [2.05, 4.69) is 20.8 Å². The number of anilines is 1. The van der Waals surface area contributed by atoms with E-state index in [1.54, 1.807) is 12.3 Å². The van der Waals surface area contributed by atoms with Gasteiger partial charge in [0.05, 0.1) is 24.0 Å². The van der Waals surface area contributed by atoms with Gasteiger partial charge in [0.2, 0.25) is 5.91 Å². The minimum atomic E-state index is 0.0479. The maximum atomic E-state index is 11.4. The predicted octanol–water partition coefficient (Wildman–Crippen LogP) is -0.366. The zero-order chi connectivity index (χ0) is 9.10. The molecule has 1 saturated heterocycles. The summed E-state index contributed by atoms with van der Waals surface area (Å²) in [6, 6.07) is 1.72. The van der Waals surface area contributed by atoms with Crippen molar-refractivity contribution in [3.8, 4) is 0 Å². The highest BCUT2D eigenvalue weighted by atomic mass is 16.2. The molecule has 1 aliphatic heterocycles. The lowest BCUT2D eigenvalue weighted by atomic mass is 10.0. The van der Waals surface area contributed by atoms with Gasteiger partial charge in [0.1, 0.15) is 0 Å². The van der Waals surface area contributed by atoms with Crippen LogP contribution in [0.25, 0.3) is 0 Å². The van der Waals surface area contributed by atoms with Crippen LogP contribution in [0.3, 0.4) is 0 Å². The lowest BCUT2D eigenvalue weighted by molar-refractivity contribution is -0.121. The molecule has 1 aliphatic rings. The van der Waals surface area contributed by atoms with Crippen LogP contribution in [0.1, 0.15) is 0 Å². The summed E-state index contributed by atoms with van der Waals surface area (Å²) in [5.74, 6) is 0.153. The molecule has 1 aromatic heterocycles. The number of rotatable bonds is 2. The molecule has 1 aromatic rings. The summed E-state index contributed by atoms with van der Waals surface area (Å²) in [5, 5.41) is 13.1. The third kappa shape index (κ3) is 1.81. The van der Waals surface area contributed by atoms with Crippen LogP contribution in [-0.2, 0) is 4.79 Å². The molecule has 0 bridgehead atoms. The summed E-state index contributed by atoms with van der Waals surface area (Å²) in [5.41, 5.74) is 0.701. The first-order chi connectivity index (χ1) is 6.36. The van der Waals surface area contributed by atoms with Crippen molar-refractivity contribution in [2.45, 2.75) is 0 Å². The van der Waals surface area contributed by atoms with E-state index in [0.29, 0.717) is 5.69 Å². The Hall–Kier alpha value is -1.49. The fourth-order valence-electron chi connectivity index (χ4n) is 1.08. The fourth-order valence-corrected chi connectivity index (χ4v) is 1.08. The van der Waals surface area contributed by atoms with Gasteiger partial charge in [0, 0.05) is 13.1 Å². The number of carbonyl (C=O) groups excluding carboxylic acids is 1. The number of hydrogen-bond donors (Lipinski definition) is 2. The molecule has 1 amide bonds. The third-order valence-corrected chi connectivity index (χ3v) is 2.00. The van der Waals surface area contributed by atoms with Crippen molar-refractivity contribution in [3.05, 3.63) is 18.5 Å². The molecule has 5 heteroatoms. The Labute approximate surface area is 75.6 Å². The Morgan fingerprint density at radius 1 is 1.54 bits per heavy atom. The van der Waals surface area contributed by atoms with E-state index in [1.165, 1.54) is 6.20 Å². The predicted molar refractivity (Wildman–Crippen MR) is 47.0 cm³/mol. The van der Waals surface area contributed by atoms with Crippen LogP contribution >= 0.6 is 0 Å². The van der Waals surface area contributed by atoms with Gasteiger partial charge in [-0.15, -0.1) is 0 Å². The lowest BCUT2D eigenvalue weighted by Gasteiger charge is -2.25. The molecule has 0 unspecified atom stereocenters. The Bertz CT molecular complexity index is 296. The van der Waals surface area contributed by atoms with Crippen molar-refractivity contribution in [2.75, 3.05) is 18.4 Å². The average molecular weight is 178 g/mol. The van der Waals surface area contributed by atoms with Gasteiger partial charge >= 0.3 is 0 Å². The molecule has 0 atom stereocenters. The Morgan fingerprint density at radius 3 is 2.92 bits per heavy atom. The van der Waals surface area contributed by atoms with Crippen molar-refractivity contribution in [3.63, 3.8) is 0 Å². The second kappa shape index (κ2) is 3.49. The van der Waals surface area contributed by atoms with Gasteiger partial charge in [-0.05, 0) is 6.07 Å². The second-order valence-corrected chi connectivity index (χ2v) is 2.98. The highest BCUT2D eigenvalue weighted by molar-refractivity contribution is 5.93. The molecule has 5 nitrogen and oxygen atoms in total. The summed E-state index contributed by atoms with van der Waals surface area (Å²) in [6.07, 6.45) is 3.08. The molecule has 0 spiro atoms. The molecule has 2 rings (SSSR count). The van der Waals surface area contributed by atoms with Crippen molar-refractivity contribution >= 4 is 11.6 Å². The molecule has 0 aromatic carbocycles. The largest absolute Gasteiger partial charge is 0.324 e. The lowest BCUT2D eigenvalue weighted by Crippen LogP contribution is -2.48. The van der Waals surface area contributed by atoms with E-state index in [9.17, 15) is 4.79 Å². The van der Waals surface area contributed by atoms with Crippen molar-refractivity contribution in [1.29, 1.82) is 0 Å². The Morgan fingerprint density at radius 2 is 2.38 bits per heavy atom. The Kier molecular flexibility index (Phi) is 2.18. The van der Waals surface area contributed by atoms with Crippen LogP contribution < -0.4 is 10.6 Å². The van der Waals surface area contributed by atoms with Gasteiger partial charge in [-0.2, -0.15) is 10.2 Å². The highest BCUT2D eigenvalue weighted by Gasteiger charge is 2.24. The molecular formula is C8H10N4O. The molecule has 2 heterocycles. The van der Waals surface area contributed by atoms with E-state index in [0.717, 1.165) is 13.1 Å². The van der Waals surface area contributed by atoms with Gasteiger partial charge in [0.25, 0.3) is 0 Å². The fraction of sp³-hybridized carbons (Fsp3) is 0.375. The van der Waals surface area contributed by atoms with Crippen LogP contribution in [0.2, 0.25) is 0 Å². The maximum Gasteiger partial charge on any atom is 0.230 e. The highest BCUT2D eigenvalue weighted by Crippen LogP contribution is 2.08. The van der Waals surface area contributed by atoms with Gasteiger partial charge in [-0.25, -0.2) is 0 Å². The molecule has 68 valence electrons. The van der Waals surface area contributed by atoms with Gasteiger partial charge in [-0.1, -0.05) is 0 Å². The number of hydrogen-bond acceptors (Lipinski definition) is 4. The smallest absolute Gasteiger partial charge is 0.230 e. The van der Waals surface area contributed by atoms with E-state index < -0.39 is 0 Å². The first kappa shape index (κ1) is 8.12. The van der Waals surface area contributed by atoms with E-state index in [-0.39, 0.29) is 11.8 Å². The average Bonchev–Trinajstić information content (AvgIpc) is 2.02. The Balaban J connectivity index is 1.94. The summed E-state index contributed by atoms with van der Waals surface area (Å²) >= 11 is 0. The van der Waals surface area contributed by atoms with Crippen LogP contribution in [0, 0.1) is 5.92 Å². The van der Waals surface area contributed by atoms with Crippen LogP contribution in [-0.4, -0.2) is 29.2 Å². The minimum Gasteiger partial charge on any atom is -0.324 e. The standard InChI is InChI=1S/C8H10N4O/c13-8(6-3-9-4-6)12-7-1-2-10-11-5-7/h1-2,5-6,9H,3-4H2,(H,10,12,13). The molecule has 0 aliphatic carbocycles. The van der Waals surface area contributed by atoms with Crippen LogP contribution in [0.15, 0.2) is 18.5 Å². The van der Waals surface area contributed by atoms with Crippen LogP contribution in [0.4, 0.5) is 5.69 Å². The number of aromatic nitrogens is 2. The summed E-state index contributed by atoms with van der Waals surface area (Å²) < 4.78 is 0. The minimum absolute atomic E-state index is 0.0479. The zero-order valence-electron chi connectivity index (χ0n) is 7.03. The summed E-state index contributed by atoms with van der Waals surface area (Å²) in [4.78, 5) is 11.4. The molecule has 2 N–H and O–H groups in total. The number of nitrogens with zero attached hydrogens (tertiary/aromatic N) is 2. The first-order valence-corrected chi connectivity index (χ1v) is 4.14. The van der Waals surface area contributed by atoms with E-state index >= 15 is 0 Å². The monoisotopic (exact) mass is 178 g/mol. The third-order valence-electron chi connectivity index (χ3n) is 2.00. The van der Waals surface area contributed by atoms with Crippen molar-refractivity contribution in [1.82, 2.24) is 15.5 Å². The second-order valence-electron chi connectivity index (χ2n) is 2.98. The number of carbonyl (C=O) groups is 1. The zero-order valence-corrected chi connectivity index (χ0v) is 7.03. The van der Waals surface area contributed by atoms with Gasteiger partial charge in [-0.3, -0.25) is 4.79 Å². The van der Waals surface area contributed by atoms with E-state index in [4.69, 9.17) is 0 Å². The van der Waals surface area contributed by atoms with Gasteiger partial charge in [0.15, 0.2) is 0 Å². The number of amides is 1. The van der Waals surface area contributed by atoms with Crippen molar-refractivity contribution in [2.24, 2.45) is 5.92 Å².